The first kappa shape index (κ1) is 18.0. The van der Waals surface area contributed by atoms with Crippen LogP contribution < -0.4 is 10.6 Å². The third-order valence-electron chi connectivity index (χ3n) is 2.96. The lowest BCUT2D eigenvalue weighted by Crippen LogP contribution is -2.40. The van der Waals surface area contributed by atoms with Crippen LogP contribution in [0, 0.1) is 22.9 Å². The Kier molecular flexibility index (Phi) is 5.92. The summed E-state index contributed by atoms with van der Waals surface area (Å²) in [5.41, 5.74) is -0.787. The zero-order chi connectivity index (χ0) is 16.9. The van der Waals surface area contributed by atoms with Crippen molar-refractivity contribution in [2.45, 2.75) is 20.3 Å². The van der Waals surface area contributed by atoms with Crippen molar-refractivity contribution >= 4 is 17.5 Å². The fourth-order valence-corrected chi connectivity index (χ4v) is 1.61. The second-order valence-corrected chi connectivity index (χ2v) is 5.53. The van der Waals surface area contributed by atoms with Gasteiger partial charge in [-0.05, 0) is 11.8 Å². The van der Waals surface area contributed by atoms with Crippen LogP contribution in [0.15, 0.2) is 12.1 Å². The maximum atomic E-state index is 13.0. The Labute approximate surface area is 125 Å². The number of aliphatic hydroxyl groups is 1. The second kappa shape index (κ2) is 7.26. The lowest BCUT2D eigenvalue weighted by molar-refractivity contribution is -0.136. The van der Waals surface area contributed by atoms with Crippen LogP contribution in [-0.4, -0.2) is 30.1 Å². The molecule has 8 heteroatoms. The Hall–Kier alpha value is -2.09. The number of rotatable bonds is 5. The predicted octanol–water partition coefficient (Wildman–Crippen LogP) is 1.57. The molecule has 5 nitrogen and oxygen atoms in total. The van der Waals surface area contributed by atoms with Crippen LogP contribution in [0.3, 0.4) is 0 Å². The molecule has 0 heterocycles. The minimum absolute atomic E-state index is 0.0663. The highest BCUT2D eigenvalue weighted by Gasteiger charge is 2.21. The van der Waals surface area contributed by atoms with E-state index in [0.717, 1.165) is 0 Å². The van der Waals surface area contributed by atoms with E-state index in [1.54, 1.807) is 13.8 Å². The molecule has 0 atom stereocenters. The van der Waals surface area contributed by atoms with Gasteiger partial charge in [-0.25, -0.2) is 13.2 Å². The molecule has 0 saturated heterocycles. The number of carbonyl (C=O) groups is 2. The van der Waals surface area contributed by atoms with Gasteiger partial charge >= 0.3 is 11.8 Å². The predicted molar refractivity (Wildman–Crippen MR) is 73.4 cm³/mol. The molecule has 0 aliphatic rings. The van der Waals surface area contributed by atoms with Gasteiger partial charge in [-0.2, -0.15) is 0 Å². The van der Waals surface area contributed by atoms with Crippen LogP contribution in [0.1, 0.15) is 20.3 Å². The van der Waals surface area contributed by atoms with E-state index in [2.05, 4.69) is 5.32 Å². The first-order valence-electron chi connectivity index (χ1n) is 6.51. The SMILES string of the molecule is CC(C)(CCO)CNC(=O)C(=O)Nc1cc(F)c(F)c(F)c1. The summed E-state index contributed by atoms with van der Waals surface area (Å²) in [4.78, 5) is 23.2. The summed E-state index contributed by atoms with van der Waals surface area (Å²) in [5.74, 6) is -6.74. The molecule has 0 spiro atoms. The molecule has 1 aromatic rings. The average Bonchev–Trinajstić information content (AvgIpc) is 2.42. The molecular formula is C14H17F3N2O3. The first-order valence-corrected chi connectivity index (χ1v) is 6.51. The van der Waals surface area contributed by atoms with Crippen LogP contribution in [0.25, 0.3) is 0 Å². The third-order valence-corrected chi connectivity index (χ3v) is 2.96. The fourth-order valence-electron chi connectivity index (χ4n) is 1.61. The molecule has 0 radical (unpaired) electrons. The smallest absolute Gasteiger partial charge is 0.313 e. The summed E-state index contributed by atoms with van der Waals surface area (Å²) in [6.07, 6.45) is 0.420. The minimum Gasteiger partial charge on any atom is -0.396 e. The van der Waals surface area contributed by atoms with Crippen LogP contribution in [0.5, 0.6) is 0 Å². The van der Waals surface area contributed by atoms with Crippen molar-refractivity contribution in [1.82, 2.24) is 5.32 Å². The summed E-state index contributed by atoms with van der Waals surface area (Å²) in [7, 11) is 0. The number of anilines is 1. The van der Waals surface area contributed by atoms with Crippen molar-refractivity contribution in [2.24, 2.45) is 5.41 Å². The van der Waals surface area contributed by atoms with E-state index < -0.39 is 34.7 Å². The molecule has 0 aliphatic heterocycles. The van der Waals surface area contributed by atoms with Crippen molar-refractivity contribution in [1.29, 1.82) is 0 Å². The van der Waals surface area contributed by atoms with Crippen LogP contribution in [0.2, 0.25) is 0 Å². The molecule has 0 aliphatic carbocycles. The molecule has 0 unspecified atom stereocenters. The topological polar surface area (TPSA) is 78.4 Å². The maximum Gasteiger partial charge on any atom is 0.313 e. The molecule has 0 bridgehead atoms. The Morgan fingerprint density at radius 3 is 2.18 bits per heavy atom. The molecular weight excluding hydrogens is 301 g/mol. The number of halogens is 3. The summed E-state index contributed by atoms with van der Waals surface area (Å²) in [6.45, 7) is 3.63. The molecule has 0 saturated carbocycles. The highest BCUT2D eigenvalue weighted by atomic mass is 19.2. The Morgan fingerprint density at radius 2 is 1.68 bits per heavy atom. The number of hydrogen-bond donors (Lipinski definition) is 3. The number of nitrogens with one attached hydrogen (secondary N) is 2. The Balaban J connectivity index is 2.64. The van der Waals surface area contributed by atoms with Gasteiger partial charge in [0, 0.05) is 31.0 Å². The molecule has 0 fully saturated rings. The summed E-state index contributed by atoms with van der Waals surface area (Å²) in [5, 5.41) is 13.2. The summed E-state index contributed by atoms with van der Waals surface area (Å²) < 4.78 is 38.7. The summed E-state index contributed by atoms with van der Waals surface area (Å²) in [6, 6.07) is 1.14. The molecule has 122 valence electrons. The molecule has 0 aromatic heterocycles. The van der Waals surface area contributed by atoms with E-state index in [0.29, 0.717) is 18.6 Å². The first-order chi connectivity index (χ1) is 10.2. The van der Waals surface area contributed by atoms with Gasteiger partial charge < -0.3 is 15.7 Å². The van der Waals surface area contributed by atoms with Gasteiger partial charge in [-0.1, -0.05) is 13.8 Å². The largest absolute Gasteiger partial charge is 0.396 e. The van der Waals surface area contributed by atoms with E-state index in [1.165, 1.54) is 0 Å². The van der Waals surface area contributed by atoms with Gasteiger partial charge in [0.1, 0.15) is 0 Å². The molecule has 1 aromatic carbocycles. The van der Waals surface area contributed by atoms with E-state index in [1.807, 2.05) is 5.32 Å². The van der Waals surface area contributed by atoms with Gasteiger partial charge in [0.25, 0.3) is 0 Å². The van der Waals surface area contributed by atoms with E-state index >= 15 is 0 Å². The van der Waals surface area contributed by atoms with Crippen LogP contribution in [-0.2, 0) is 9.59 Å². The van der Waals surface area contributed by atoms with Crippen molar-refractivity contribution in [3.8, 4) is 0 Å². The molecule has 2 amide bonds. The summed E-state index contributed by atoms with van der Waals surface area (Å²) >= 11 is 0. The van der Waals surface area contributed by atoms with E-state index in [9.17, 15) is 22.8 Å². The molecule has 22 heavy (non-hydrogen) atoms. The van der Waals surface area contributed by atoms with Crippen LogP contribution in [0.4, 0.5) is 18.9 Å². The van der Waals surface area contributed by atoms with Crippen molar-refractivity contribution in [3.63, 3.8) is 0 Å². The standard InChI is InChI=1S/C14H17F3N2O3/c1-14(2,3-4-20)7-18-12(21)13(22)19-8-5-9(15)11(17)10(16)6-8/h5-6,20H,3-4,7H2,1-2H3,(H,18,21)(H,19,22). The Bertz CT molecular complexity index is 553. The monoisotopic (exact) mass is 318 g/mol. The normalized spacial score (nSPS) is 11.2. The van der Waals surface area contributed by atoms with Gasteiger partial charge in [0.15, 0.2) is 17.5 Å². The van der Waals surface area contributed by atoms with E-state index in [4.69, 9.17) is 5.11 Å². The zero-order valence-electron chi connectivity index (χ0n) is 12.2. The number of aliphatic hydroxyl groups excluding tert-OH is 1. The highest BCUT2D eigenvalue weighted by molar-refractivity contribution is 6.39. The minimum atomic E-state index is -1.66. The van der Waals surface area contributed by atoms with Gasteiger partial charge in [-0.3, -0.25) is 9.59 Å². The van der Waals surface area contributed by atoms with E-state index in [-0.39, 0.29) is 18.8 Å². The number of hydrogen-bond acceptors (Lipinski definition) is 3. The van der Waals surface area contributed by atoms with Gasteiger partial charge in [-0.15, -0.1) is 0 Å². The zero-order valence-corrected chi connectivity index (χ0v) is 12.2. The number of amides is 2. The maximum absolute atomic E-state index is 13.0. The van der Waals surface area contributed by atoms with Crippen LogP contribution >= 0.6 is 0 Å². The number of benzene rings is 1. The fraction of sp³-hybridized carbons (Fsp3) is 0.429. The van der Waals surface area contributed by atoms with Crippen molar-refractivity contribution in [3.05, 3.63) is 29.6 Å². The molecule has 3 N–H and O–H groups in total. The lowest BCUT2D eigenvalue weighted by atomic mass is 9.90. The van der Waals surface area contributed by atoms with Gasteiger partial charge in [0.05, 0.1) is 0 Å². The number of carbonyl (C=O) groups excluding carboxylic acids is 2. The Morgan fingerprint density at radius 1 is 1.14 bits per heavy atom. The van der Waals surface area contributed by atoms with Gasteiger partial charge in [0.2, 0.25) is 0 Å². The molecule has 1 rings (SSSR count). The quantitative estimate of drug-likeness (QED) is 0.569. The van der Waals surface area contributed by atoms with Crippen molar-refractivity contribution in [2.75, 3.05) is 18.5 Å². The lowest BCUT2D eigenvalue weighted by Gasteiger charge is -2.23. The third kappa shape index (κ3) is 5.03. The highest BCUT2D eigenvalue weighted by Crippen LogP contribution is 2.18. The van der Waals surface area contributed by atoms with Crippen molar-refractivity contribution < 1.29 is 27.9 Å². The second-order valence-electron chi connectivity index (χ2n) is 5.53. The average molecular weight is 318 g/mol.